The maximum Gasteiger partial charge on any atom is 0.0808 e. The van der Waals surface area contributed by atoms with Crippen molar-refractivity contribution in [1.82, 2.24) is 0 Å². The van der Waals surface area contributed by atoms with Crippen LogP contribution in [0.5, 0.6) is 0 Å². The van der Waals surface area contributed by atoms with E-state index in [0.29, 0.717) is 0 Å². The zero-order chi connectivity index (χ0) is 6.69. The molecule has 2 atom stereocenters. The molecule has 0 aliphatic carbocycles. The topological polar surface area (TPSA) is 29.5 Å². The molecule has 0 bridgehead atoms. The Hall–Kier alpha value is -0.0800. The van der Waals surface area contributed by atoms with Crippen LogP contribution in [-0.4, -0.2) is 24.4 Å². The van der Waals surface area contributed by atoms with E-state index in [2.05, 4.69) is 6.92 Å². The van der Waals surface area contributed by atoms with E-state index < -0.39 is 0 Å². The fourth-order valence-electron chi connectivity index (χ4n) is 1.20. The first-order valence-corrected chi connectivity index (χ1v) is 3.55. The van der Waals surface area contributed by atoms with E-state index in [1.54, 1.807) is 0 Å². The lowest BCUT2D eigenvalue weighted by molar-refractivity contribution is -0.0344. The molecule has 0 aromatic heterocycles. The Labute approximate surface area is 55.8 Å². The summed E-state index contributed by atoms with van der Waals surface area (Å²) >= 11 is 0. The van der Waals surface area contributed by atoms with Crippen molar-refractivity contribution in [3.8, 4) is 0 Å². The standard InChI is InChI=1S/C7H14O2/c1-6-2-3-9-7(4-6)5-8/h6-8H,2-5H2,1H3/t6-,7-/m0/s1. The molecule has 0 unspecified atom stereocenters. The summed E-state index contributed by atoms with van der Waals surface area (Å²) in [6, 6.07) is 0. The van der Waals surface area contributed by atoms with E-state index in [1.165, 1.54) is 0 Å². The molecule has 1 rings (SSSR count). The Morgan fingerprint density at radius 3 is 2.89 bits per heavy atom. The summed E-state index contributed by atoms with van der Waals surface area (Å²) in [6.07, 6.45) is 2.29. The SMILES string of the molecule is C[C@H]1CCO[C@H](CO)C1. The monoisotopic (exact) mass is 130 g/mol. The summed E-state index contributed by atoms with van der Waals surface area (Å²) in [5.74, 6) is 0.732. The maximum atomic E-state index is 8.68. The summed E-state index contributed by atoms with van der Waals surface area (Å²) in [5.41, 5.74) is 0. The summed E-state index contributed by atoms with van der Waals surface area (Å²) in [7, 11) is 0. The van der Waals surface area contributed by atoms with Crippen LogP contribution >= 0.6 is 0 Å². The third-order valence-corrected chi connectivity index (χ3v) is 1.83. The average molecular weight is 130 g/mol. The van der Waals surface area contributed by atoms with Crippen molar-refractivity contribution in [3.05, 3.63) is 0 Å². The van der Waals surface area contributed by atoms with Gasteiger partial charge in [0.2, 0.25) is 0 Å². The molecule has 2 heteroatoms. The molecule has 1 aliphatic heterocycles. The Balaban J connectivity index is 2.23. The van der Waals surface area contributed by atoms with E-state index in [4.69, 9.17) is 9.84 Å². The van der Waals surface area contributed by atoms with E-state index in [-0.39, 0.29) is 12.7 Å². The van der Waals surface area contributed by atoms with Gasteiger partial charge in [-0.25, -0.2) is 0 Å². The van der Waals surface area contributed by atoms with Crippen LogP contribution in [0.1, 0.15) is 19.8 Å². The summed E-state index contributed by atoms with van der Waals surface area (Å²) in [6.45, 7) is 3.21. The first-order chi connectivity index (χ1) is 4.33. The highest BCUT2D eigenvalue weighted by atomic mass is 16.5. The highest BCUT2D eigenvalue weighted by Crippen LogP contribution is 2.18. The Bertz CT molecular complexity index is 83.0. The first kappa shape index (κ1) is 7.03. The van der Waals surface area contributed by atoms with Crippen molar-refractivity contribution in [1.29, 1.82) is 0 Å². The Morgan fingerprint density at radius 1 is 1.67 bits per heavy atom. The average Bonchev–Trinajstić information content (AvgIpc) is 1.88. The minimum atomic E-state index is 0.119. The van der Waals surface area contributed by atoms with Crippen molar-refractivity contribution in [2.45, 2.75) is 25.9 Å². The summed E-state index contributed by atoms with van der Waals surface area (Å²) in [5, 5.41) is 8.68. The maximum absolute atomic E-state index is 8.68. The molecule has 0 aromatic carbocycles. The van der Waals surface area contributed by atoms with Crippen LogP contribution in [0.3, 0.4) is 0 Å². The molecule has 9 heavy (non-hydrogen) atoms. The third-order valence-electron chi connectivity index (χ3n) is 1.83. The van der Waals surface area contributed by atoms with Gasteiger partial charge in [-0.1, -0.05) is 6.92 Å². The number of hydrogen-bond acceptors (Lipinski definition) is 2. The molecule has 1 fully saturated rings. The van der Waals surface area contributed by atoms with Gasteiger partial charge in [0, 0.05) is 6.61 Å². The molecular formula is C7H14O2. The predicted molar refractivity (Wildman–Crippen MR) is 35.2 cm³/mol. The molecule has 0 saturated carbocycles. The smallest absolute Gasteiger partial charge is 0.0808 e. The van der Waals surface area contributed by atoms with Crippen LogP contribution in [0.15, 0.2) is 0 Å². The molecule has 0 spiro atoms. The zero-order valence-electron chi connectivity index (χ0n) is 5.84. The summed E-state index contributed by atoms with van der Waals surface area (Å²) < 4.78 is 5.25. The van der Waals surface area contributed by atoms with Crippen molar-refractivity contribution in [3.63, 3.8) is 0 Å². The number of ether oxygens (including phenoxy) is 1. The van der Waals surface area contributed by atoms with Gasteiger partial charge in [0.25, 0.3) is 0 Å². The molecule has 54 valence electrons. The second kappa shape index (κ2) is 3.18. The van der Waals surface area contributed by atoms with Crippen molar-refractivity contribution in [2.24, 2.45) is 5.92 Å². The highest BCUT2D eigenvalue weighted by molar-refractivity contribution is 4.66. The Morgan fingerprint density at radius 2 is 2.44 bits per heavy atom. The van der Waals surface area contributed by atoms with Gasteiger partial charge in [-0.3, -0.25) is 0 Å². The van der Waals surface area contributed by atoms with Crippen molar-refractivity contribution in [2.75, 3.05) is 13.2 Å². The Kier molecular flexibility index (Phi) is 2.49. The van der Waals surface area contributed by atoms with E-state index in [0.717, 1.165) is 25.4 Å². The van der Waals surface area contributed by atoms with Gasteiger partial charge in [-0.05, 0) is 18.8 Å². The molecule has 1 N–H and O–H groups in total. The number of aliphatic hydroxyl groups excluding tert-OH is 1. The van der Waals surface area contributed by atoms with E-state index >= 15 is 0 Å². The van der Waals surface area contributed by atoms with E-state index in [1.807, 2.05) is 0 Å². The predicted octanol–water partition coefficient (Wildman–Crippen LogP) is 0.794. The van der Waals surface area contributed by atoms with Gasteiger partial charge in [-0.2, -0.15) is 0 Å². The van der Waals surface area contributed by atoms with Crippen molar-refractivity contribution >= 4 is 0 Å². The minimum Gasteiger partial charge on any atom is -0.394 e. The van der Waals surface area contributed by atoms with Crippen LogP contribution < -0.4 is 0 Å². The molecule has 2 nitrogen and oxygen atoms in total. The zero-order valence-corrected chi connectivity index (χ0v) is 5.84. The molecular weight excluding hydrogens is 116 g/mol. The largest absolute Gasteiger partial charge is 0.394 e. The fourth-order valence-corrected chi connectivity index (χ4v) is 1.20. The van der Waals surface area contributed by atoms with Gasteiger partial charge >= 0.3 is 0 Å². The van der Waals surface area contributed by atoms with Gasteiger partial charge in [0.1, 0.15) is 0 Å². The molecule has 1 aliphatic rings. The van der Waals surface area contributed by atoms with Crippen LogP contribution in [0.2, 0.25) is 0 Å². The number of hydrogen-bond donors (Lipinski definition) is 1. The molecule has 1 saturated heterocycles. The lowest BCUT2D eigenvalue weighted by Crippen LogP contribution is -2.26. The number of aliphatic hydroxyl groups is 1. The van der Waals surface area contributed by atoms with Crippen LogP contribution in [-0.2, 0) is 4.74 Å². The quantitative estimate of drug-likeness (QED) is 0.568. The van der Waals surface area contributed by atoms with Crippen LogP contribution in [0.4, 0.5) is 0 Å². The third kappa shape index (κ3) is 1.95. The summed E-state index contributed by atoms with van der Waals surface area (Å²) in [4.78, 5) is 0. The minimum absolute atomic E-state index is 0.119. The molecule has 1 heterocycles. The second-order valence-electron chi connectivity index (χ2n) is 2.80. The second-order valence-corrected chi connectivity index (χ2v) is 2.80. The molecule has 0 amide bonds. The van der Waals surface area contributed by atoms with Crippen LogP contribution in [0, 0.1) is 5.92 Å². The molecule has 0 aromatic rings. The highest BCUT2D eigenvalue weighted by Gasteiger charge is 2.17. The van der Waals surface area contributed by atoms with Gasteiger partial charge < -0.3 is 9.84 Å². The van der Waals surface area contributed by atoms with Crippen molar-refractivity contribution < 1.29 is 9.84 Å². The van der Waals surface area contributed by atoms with Gasteiger partial charge in [-0.15, -0.1) is 0 Å². The normalized spacial score (nSPS) is 36.7. The fraction of sp³-hybridized carbons (Fsp3) is 1.00. The van der Waals surface area contributed by atoms with Gasteiger partial charge in [0.05, 0.1) is 12.7 Å². The number of rotatable bonds is 1. The van der Waals surface area contributed by atoms with Crippen LogP contribution in [0.25, 0.3) is 0 Å². The lowest BCUT2D eigenvalue weighted by Gasteiger charge is -2.25. The first-order valence-electron chi connectivity index (χ1n) is 3.55. The molecule has 0 radical (unpaired) electrons. The lowest BCUT2D eigenvalue weighted by atomic mass is 9.98. The van der Waals surface area contributed by atoms with E-state index in [9.17, 15) is 0 Å². The van der Waals surface area contributed by atoms with Gasteiger partial charge in [0.15, 0.2) is 0 Å².